The predicted octanol–water partition coefficient (Wildman–Crippen LogP) is 2.25. The van der Waals surface area contributed by atoms with Crippen LogP contribution in [0.1, 0.15) is 25.8 Å². The molecule has 0 aromatic carbocycles. The van der Waals surface area contributed by atoms with Crippen LogP contribution in [0.25, 0.3) is 0 Å². The molecule has 1 atom stereocenters. The molecule has 0 bridgehead atoms. The summed E-state index contributed by atoms with van der Waals surface area (Å²) in [6, 6.07) is 4.65. The van der Waals surface area contributed by atoms with E-state index in [4.69, 9.17) is 4.74 Å². The third-order valence-electron chi connectivity index (χ3n) is 3.26. The molecule has 3 nitrogen and oxygen atoms in total. The molecule has 3 heteroatoms. The van der Waals surface area contributed by atoms with Crippen LogP contribution in [0.15, 0.2) is 18.3 Å². The number of nitrogens with zero attached hydrogens (tertiary/aromatic N) is 2. The number of hydrogen-bond donors (Lipinski definition) is 0. The Morgan fingerprint density at radius 1 is 1.50 bits per heavy atom. The van der Waals surface area contributed by atoms with E-state index in [0.29, 0.717) is 12.1 Å². The fraction of sp³-hybridized carbons (Fsp3) is 0.615. The third-order valence-corrected chi connectivity index (χ3v) is 3.26. The molecule has 2 heterocycles. The van der Waals surface area contributed by atoms with E-state index in [1.165, 1.54) is 12.0 Å². The van der Waals surface area contributed by atoms with Crippen molar-refractivity contribution in [2.24, 2.45) is 0 Å². The molecule has 16 heavy (non-hydrogen) atoms. The zero-order valence-electron chi connectivity index (χ0n) is 10.3. The summed E-state index contributed by atoms with van der Waals surface area (Å²) in [7, 11) is 0. The Morgan fingerprint density at radius 2 is 2.25 bits per heavy atom. The molecule has 1 aromatic heterocycles. The van der Waals surface area contributed by atoms with Gasteiger partial charge in [-0.2, -0.15) is 0 Å². The average Bonchev–Trinajstić information content (AvgIpc) is 2.24. The van der Waals surface area contributed by atoms with Crippen LogP contribution in [0.5, 0.6) is 5.88 Å². The lowest BCUT2D eigenvalue weighted by Crippen LogP contribution is -2.56. The van der Waals surface area contributed by atoms with E-state index in [9.17, 15) is 0 Å². The maximum Gasteiger partial charge on any atom is 0.213 e. The molecule has 2 rings (SSSR count). The van der Waals surface area contributed by atoms with Crippen molar-refractivity contribution in [3.63, 3.8) is 0 Å². The van der Waals surface area contributed by atoms with Gasteiger partial charge in [-0.1, -0.05) is 13.0 Å². The molecule has 1 aliphatic rings. The minimum Gasteiger partial charge on any atom is -0.472 e. The summed E-state index contributed by atoms with van der Waals surface area (Å²) in [4.78, 5) is 6.69. The first-order chi connectivity index (χ1) is 7.69. The SMILES string of the molecule is CCC(C)N1CC(Oc2ccc(C)cn2)C1. The molecule has 0 amide bonds. The molecular formula is C13H20N2O. The summed E-state index contributed by atoms with van der Waals surface area (Å²) in [6.45, 7) is 8.58. The van der Waals surface area contributed by atoms with Crippen molar-refractivity contribution in [2.75, 3.05) is 13.1 Å². The fourth-order valence-electron chi connectivity index (χ4n) is 1.86. The number of hydrogen-bond acceptors (Lipinski definition) is 3. The summed E-state index contributed by atoms with van der Waals surface area (Å²) in [5, 5.41) is 0. The number of aryl methyl sites for hydroxylation is 1. The summed E-state index contributed by atoms with van der Waals surface area (Å²) >= 11 is 0. The van der Waals surface area contributed by atoms with Crippen LogP contribution < -0.4 is 4.74 Å². The lowest BCUT2D eigenvalue weighted by Gasteiger charge is -2.42. The Labute approximate surface area is 97.4 Å². The first-order valence-electron chi connectivity index (χ1n) is 6.02. The molecule has 0 radical (unpaired) electrons. The van der Waals surface area contributed by atoms with Crippen LogP contribution in [0, 0.1) is 6.92 Å². The standard InChI is InChI=1S/C13H20N2O/c1-4-11(3)15-8-12(9-15)16-13-6-5-10(2)7-14-13/h5-7,11-12H,4,8-9H2,1-3H3. The lowest BCUT2D eigenvalue weighted by molar-refractivity contribution is -0.00762. The van der Waals surface area contributed by atoms with Crippen LogP contribution in [0.3, 0.4) is 0 Å². The first kappa shape index (κ1) is 11.4. The van der Waals surface area contributed by atoms with Gasteiger partial charge in [-0.3, -0.25) is 4.90 Å². The maximum atomic E-state index is 5.78. The van der Waals surface area contributed by atoms with E-state index in [-0.39, 0.29) is 0 Å². The van der Waals surface area contributed by atoms with Crippen molar-refractivity contribution in [1.82, 2.24) is 9.88 Å². The molecular weight excluding hydrogens is 200 g/mol. The Balaban J connectivity index is 1.79. The number of aromatic nitrogens is 1. The van der Waals surface area contributed by atoms with Gasteiger partial charge < -0.3 is 4.74 Å². The Hall–Kier alpha value is -1.09. The molecule has 88 valence electrons. The van der Waals surface area contributed by atoms with Gasteiger partial charge in [-0.25, -0.2) is 4.98 Å². The van der Waals surface area contributed by atoms with E-state index in [1.54, 1.807) is 0 Å². The van der Waals surface area contributed by atoms with Crippen molar-refractivity contribution in [2.45, 2.75) is 39.3 Å². The average molecular weight is 220 g/mol. The highest BCUT2D eigenvalue weighted by Gasteiger charge is 2.31. The highest BCUT2D eigenvalue weighted by Crippen LogP contribution is 2.19. The maximum absolute atomic E-state index is 5.78. The van der Waals surface area contributed by atoms with Gasteiger partial charge in [-0.15, -0.1) is 0 Å². The van der Waals surface area contributed by atoms with Gasteiger partial charge in [0.2, 0.25) is 5.88 Å². The molecule has 1 aromatic rings. The number of ether oxygens (including phenoxy) is 1. The Morgan fingerprint density at radius 3 is 2.81 bits per heavy atom. The molecule has 1 unspecified atom stereocenters. The zero-order chi connectivity index (χ0) is 11.5. The van der Waals surface area contributed by atoms with Gasteiger partial charge >= 0.3 is 0 Å². The normalized spacial score (nSPS) is 19.2. The zero-order valence-corrected chi connectivity index (χ0v) is 10.3. The summed E-state index contributed by atoms with van der Waals surface area (Å²) in [5.74, 6) is 0.749. The molecule has 1 aliphatic heterocycles. The van der Waals surface area contributed by atoms with Gasteiger partial charge in [0.05, 0.1) is 0 Å². The smallest absolute Gasteiger partial charge is 0.213 e. The predicted molar refractivity (Wildman–Crippen MR) is 64.7 cm³/mol. The molecule has 1 saturated heterocycles. The van der Waals surface area contributed by atoms with Crippen molar-refractivity contribution in [3.05, 3.63) is 23.9 Å². The van der Waals surface area contributed by atoms with Gasteiger partial charge in [0, 0.05) is 31.4 Å². The number of rotatable bonds is 4. The van der Waals surface area contributed by atoms with Gasteiger partial charge in [0.1, 0.15) is 6.10 Å². The van der Waals surface area contributed by atoms with Gasteiger partial charge in [0.25, 0.3) is 0 Å². The molecule has 1 fully saturated rings. The van der Waals surface area contributed by atoms with Gasteiger partial charge in [-0.05, 0) is 25.8 Å². The quantitative estimate of drug-likeness (QED) is 0.778. The second-order valence-corrected chi connectivity index (χ2v) is 4.62. The van der Waals surface area contributed by atoms with Crippen LogP contribution >= 0.6 is 0 Å². The highest BCUT2D eigenvalue weighted by molar-refractivity contribution is 5.16. The minimum absolute atomic E-state index is 0.323. The van der Waals surface area contributed by atoms with Gasteiger partial charge in [0.15, 0.2) is 0 Å². The van der Waals surface area contributed by atoms with E-state index < -0.39 is 0 Å². The first-order valence-corrected chi connectivity index (χ1v) is 6.02. The number of pyridine rings is 1. The monoisotopic (exact) mass is 220 g/mol. The second kappa shape index (κ2) is 4.83. The summed E-state index contributed by atoms with van der Waals surface area (Å²) in [6.07, 6.45) is 3.37. The van der Waals surface area contributed by atoms with E-state index in [2.05, 4.69) is 23.7 Å². The summed E-state index contributed by atoms with van der Waals surface area (Å²) < 4.78 is 5.78. The second-order valence-electron chi connectivity index (χ2n) is 4.62. The van der Waals surface area contributed by atoms with Crippen molar-refractivity contribution in [1.29, 1.82) is 0 Å². The van der Waals surface area contributed by atoms with Crippen molar-refractivity contribution >= 4 is 0 Å². The van der Waals surface area contributed by atoms with Crippen molar-refractivity contribution in [3.8, 4) is 5.88 Å². The highest BCUT2D eigenvalue weighted by atomic mass is 16.5. The molecule has 0 saturated carbocycles. The fourth-order valence-corrected chi connectivity index (χ4v) is 1.86. The molecule has 0 spiro atoms. The van der Waals surface area contributed by atoms with Crippen LogP contribution in [-0.2, 0) is 0 Å². The lowest BCUT2D eigenvalue weighted by atomic mass is 10.1. The Kier molecular flexibility index (Phi) is 3.44. The van der Waals surface area contributed by atoms with E-state index >= 15 is 0 Å². The topological polar surface area (TPSA) is 25.4 Å². The molecule has 0 N–H and O–H groups in total. The largest absolute Gasteiger partial charge is 0.472 e. The van der Waals surface area contributed by atoms with E-state index in [0.717, 1.165) is 19.0 Å². The van der Waals surface area contributed by atoms with E-state index in [1.807, 2.05) is 25.3 Å². The molecule has 0 aliphatic carbocycles. The van der Waals surface area contributed by atoms with Crippen LogP contribution in [0.4, 0.5) is 0 Å². The number of likely N-dealkylation sites (tertiary alicyclic amines) is 1. The van der Waals surface area contributed by atoms with Crippen LogP contribution in [-0.4, -0.2) is 35.1 Å². The van der Waals surface area contributed by atoms with Crippen LogP contribution in [0.2, 0.25) is 0 Å². The Bertz CT molecular complexity index is 330. The summed E-state index contributed by atoms with van der Waals surface area (Å²) in [5.41, 5.74) is 1.17. The minimum atomic E-state index is 0.323. The van der Waals surface area contributed by atoms with Crippen molar-refractivity contribution < 1.29 is 4.74 Å². The third kappa shape index (κ3) is 2.53.